The molecule has 0 saturated heterocycles. The molecule has 20 heavy (non-hydrogen) atoms. The fourth-order valence-corrected chi connectivity index (χ4v) is 1.67. The van der Waals surface area contributed by atoms with Crippen LogP contribution in [0.25, 0.3) is 0 Å². The first-order chi connectivity index (χ1) is 9.75. The fraction of sp³-hybridized carbons (Fsp3) is 0. The summed E-state index contributed by atoms with van der Waals surface area (Å²) < 4.78 is 0. The molecule has 2 rings (SSSR count). The van der Waals surface area contributed by atoms with Crippen LogP contribution in [0, 0.1) is 11.8 Å². The molecule has 0 radical (unpaired) electrons. The van der Waals surface area contributed by atoms with Crippen molar-refractivity contribution in [1.82, 2.24) is 0 Å². The van der Waals surface area contributed by atoms with Crippen LogP contribution in [0.5, 0.6) is 0 Å². The Bertz CT molecular complexity index is 690. The van der Waals surface area contributed by atoms with E-state index in [1.165, 1.54) is 6.07 Å². The third kappa shape index (κ3) is 3.27. The summed E-state index contributed by atoms with van der Waals surface area (Å²) in [6, 6.07) is 11.6. The molecular weight excluding hydrogens is 252 g/mol. The molecule has 0 aliphatic carbocycles. The molecule has 2 aromatic carbocycles. The molecule has 96 valence electrons. The molecule has 0 aromatic heterocycles. The lowest BCUT2D eigenvalue weighted by Crippen LogP contribution is -1.88. The van der Waals surface area contributed by atoms with E-state index in [2.05, 4.69) is 11.8 Å². The Kier molecular flexibility index (Phi) is 4.21. The lowest BCUT2D eigenvalue weighted by molar-refractivity contribution is 0.111. The first-order valence-electron chi connectivity index (χ1n) is 5.88. The van der Waals surface area contributed by atoms with Crippen molar-refractivity contribution in [2.45, 2.75) is 0 Å². The van der Waals surface area contributed by atoms with Crippen molar-refractivity contribution in [1.29, 1.82) is 0 Å². The van der Waals surface area contributed by atoms with Crippen LogP contribution in [-0.2, 0) is 0 Å². The van der Waals surface area contributed by atoms with E-state index in [-0.39, 0.29) is 0 Å². The Morgan fingerprint density at radius 2 is 1.10 bits per heavy atom. The number of carbonyl (C=O) groups excluding carboxylic acids is 3. The van der Waals surface area contributed by atoms with E-state index in [0.717, 1.165) is 11.8 Å². The highest BCUT2D eigenvalue weighted by atomic mass is 16.1. The van der Waals surface area contributed by atoms with Gasteiger partial charge in [0.15, 0.2) is 0 Å². The Hall–Kier alpha value is -2.99. The average Bonchev–Trinajstić information content (AvgIpc) is 2.53. The summed E-state index contributed by atoms with van der Waals surface area (Å²) in [7, 11) is 0. The summed E-state index contributed by atoms with van der Waals surface area (Å²) in [5.41, 5.74) is 2.75. The summed E-state index contributed by atoms with van der Waals surface area (Å²) in [5.74, 6) is 5.81. The first kappa shape index (κ1) is 13.4. The molecule has 0 spiro atoms. The molecule has 0 amide bonds. The van der Waals surface area contributed by atoms with Gasteiger partial charge in [0, 0.05) is 27.8 Å². The largest absolute Gasteiger partial charge is 0.298 e. The van der Waals surface area contributed by atoms with Gasteiger partial charge >= 0.3 is 0 Å². The van der Waals surface area contributed by atoms with Crippen molar-refractivity contribution in [3.8, 4) is 11.8 Å². The van der Waals surface area contributed by atoms with Gasteiger partial charge in [0.1, 0.15) is 18.9 Å². The molecular formula is C17H10O3. The minimum Gasteiger partial charge on any atom is -0.298 e. The normalized spacial score (nSPS) is 9.20. The Balaban J connectivity index is 2.33. The van der Waals surface area contributed by atoms with E-state index in [1.54, 1.807) is 36.4 Å². The minimum absolute atomic E-state index is 0.412. The quantitative estimate of drug-likeness (QED) is 0.631. The van der Waals surface area contributed by atoms with Crippen LogP contribution in [0.2, 0.25) is 0 Å². The van der Waals surface area contributed by atoms with Crippen molar-refractivity contribution in [3.05, 3.63) is 70.3 Å². The Morgan fingerprint density at radius 3 is 1.60 bits per heavy atom. The second kappa shape index (κ2) is 6.26. The second-order valence-electron chi connectivity index (χ2n) is 4.11. The zero-order valence-electron chi connectivity index (χ0n) is 10.5. The lowest BCUT2D eigenvalue weighted by Gasteiger charge is -1.96. The van der Waals surface area contributed by atoms with Crippen LogP contribution >= 0.6 is 0 Å². The minimum atomic E-state index is 0.412. The molecule has 0 fully saturated rings. The van der Waals surface area contributed by atoms with Gasteiger partial charge in [-0.2, -0.15) is 0 Å². The molecule has 0 N–H and O–H groups in total. The van der Waals surface area contributed by atoms with Crippen LogP contribution in [0.1, 0.15) is 42.2 Å². The summed E-state index contributed by atoms with van der Waals surface area (Å²) >= 11 is 0. The van der Waals surface area contributed by atoms with E-state index >= 15 is 0 Å². The van der Waals surface area contributed by atoms with Crippen LogP contribution in [0.3, 0.4) is 0 Å². The number of hydrogen-bond donors (Lipinski definition) is 0. The van der Waals surface area contributed by atoms with Gasteiger partial charge < -0.3 is 0 Å². The number of carbonyl (C=O) groups is 3. The molecule has 0 bridgehead atoms. The molecule has 0 atom stereocenters. The number of aldehydes is 3. The van der Waals surface area contributed by atoms with Gasteiger partial charge in [-0.3, -0.25) is 14.4 Å². The van der Waals surface area contributed by atoms with Gasteiger partial charge in [0.05, 0.1) is 0 Å². The molecule has 0 aliphatic rings. The zero-order valence-corrected chi connectivity index (χ0v) is 10.5. The summed E-state index contributed by atoms with van der Waals surface area (Å²) in [6.07, 6.45) is 2.12. The van der Waals surface area contributed by atoms with Gasteiger partial charge in [-0.1, -0.05) is 24.0 Å². The molecule has 3 nitrogen and oxygen atoms in total. The van der Waals surface area contributed by atoms with Gasteiger partial charge in [0.25, 0.3) is 0 Å². The van der Waals surface area contributed by atoms with Gasteiger partial charge in [0.2, 0.25) is 0 Å². The average molecular weight is 262 g/mol. The Morgan fingerprint density at radius 1 is 0.600 bits per heavy atom. The molecule has 0 unspecified atom stereocenters. The molecule has 0 heterocycles. The van der Waals surface area contributed by atoms with Crippen LogP contribution in [0.4, 0.5) is 0 Å². The molecule has 0 aliphatic heterocycles. The lowest BCUT2D eigenvalue weighted by atomic mass is 10.1. The maximum Gasteiger partial charge on any atom is 0.150 e. The van der Waals surface area contributed by atoms with Crippen LogP contribution in [-0.4, -0.2) is 18.9 Å². The highest BCUT2D eigenvalue weighted by molar-refractivity contribution is 5.83. The number of hydrogen-bond acceptors (Lipinski definition) is 3. The summed E-state index contributed by atoms with van der Waals surface area (Å²) in [5, 5.41) is 0. The number of benzene rings is 2. The smallest absolute Gasteiger partial charge is 0.150 e. The van der Waals surface area contributed by atoms with Crippen molar-refractivity contribution < 1.29 is 14.4 Å². The van der Waals surface area contributed by atoms with Crippen molar-refractivity contribution in [2.24, 2.45) is 0 Å². The van der Waals surface area contributed by atoms with E-state index in [1.807, 2.05) is 0 Å². The number of rotatable bonds is 3. The third-order valence-electron chi connectivity index (χ3n) is 2.65. The first-order valence-corrected chi connectivity index (χ1v) is 5.88. The van der Waals surface area contributed by atoms with E-state index in [4.69, 9.17) is 0 Å². The van der Waals surface area contributed by atoms with Gasteiger partial charge in [-0.05, 0) is 30.3 Å². The van der Waals surface area contributed by atoms with Crippen molar-refractivity contribution in [3.63, 3.8) is 0 Å². The summed E-state index contributed by atoms with van der Waals surface area (Å²) in [4.78, 5) is 32.1. The SMILES string of the molecule is O=Cc1ccc(C#Cc2cc(C=O)cc(C=O)c2)cc1. The second-order valence-corrected chi connectivity index (χ2v) is 4.11. The van der Waals surface area contributed by atoms with Crippen molar-refractivity contribution in [2.75, 3.05) is 0 Å². The van der Waals surface area contributed by atoms with E-state index < -0.39 is 0 Å². The predicted molar refractivity (Wildman–Crippen MR) is 75.0 cm³/mol. The fourth-order valence-electron chi connectivity index (χ4n) is 1.67. The Labute approximate surface area is 116 Å². The maximum absolute atomic E-state index is 10.8. The molecule has 3 heteroatoms. The van der Waals surface area contributed by atoms with E-state index in [9.17, 15) is 14.4 Å². The monoisotopic (exact) mass is 262 g/mol. The summed E-state index contributed by atoms with van der Waals surface area (Å²) in [6.45, 7) is 0. The topological polar surface area (TPSA) is 51.2 Å². The highest BCUT2D eigenvalue weighted by Crippen LogP contribution is 2.07. The zero-order chi connectivity index (χ0) is 14.4. The van der Waals surface area contributed by atoms with Crippen LogP contribution < -0.4 is 0 Å². The van der Waals surface area contributed by atoms with Gasteiger partial charge in [-0.15, -0.1) is 0 Å². The maximum atomic E-state index is 10.8. The predicted octanol–water partition coefficient (Wildman–Crippen LogP) is 2.52. The van der Waals surface area contributed by atoms with Crippen LogP contribution in [0.15, 0.2) is 42.5 Å². The van der Waals surface area contributed by atoms with E-state index in [0.29, 0.717) is 34.8 Å². The van der Waals surface area contributed by atoms with Gasteiger partial charge in [-0.25, -0.2) is 0 Å². The third-order valence-corrected chi connectivity index (χ3v) is 2.65. The standard InChI is InChI=1S/C17H10O3/c18-10-14-4-1-13(2-5-14)3-6-15-7-16(11-19)9-17(8-15)12-20/h1-2,4-5,7-12H. The molecule has 2 aromatic rings. The molecule has 0 saturated carbocycles. The van der Waals surface area contributed by atoms with Crippen molar-refractivity contribution >= 4 is 18.9 Å². The highest BCUT2D eigenvalue weighted by Gasteiger charge is 1.98.